The van der Waals surface area contributed by atoms with Crippen LogP contribution in [0.15, 0.2) is 52.9 Å². The molecular weight excluding hydrogens is 473 g/mol. The Labute approximate surface area is 195 Å². The molecule has 0 aliphatic rings. The van der Waals surface area contributed by atoms with Crippen molar-refractivity contribution in [2.24, 2.45) is 0 Å². The van der Waals surface area contributed by atoms with E-state index in [2.05, 4.69) is 15.6 Å². The number of halogens is 3. The minimum atomic E-state index is -4.75. The van der Waals surface area contributed by atoms with Gasteiger partial charge in [-0.3, -0.25) is 9.59 Å². The van der Waals surface area contributed by atoms with E-state index >= 15 is 0 Å². The van der Waals surface area contributed by atoms with Crippen molar-refractivity contribution in [1.82, 2.24) is 4.98 Å². The first-order chi connectivity index (χ1) is 15.6. The Hall–Kier alpha value is -3.36. The number of alkyl halides is 3. The summed E-state index contributed by atoms with van der Waals surface area (Å²) in [5.41, 5.74) is -0.631. The van der Waals surface area contributed by atoms with E-state index in [1.165, 1.54) is 25.2 Å². The molecule has 1 atom stereocenters. The maximum atomic E-state index is 13.6. The number of nitrogens with one attached hydrogen (secondary N) is 2. The maximum Gasteiger partial charge on any atom is 0.417 e. The lowest BCUT2D eigenvalue weighted by molar-refractivity contribution is -0.138. The molecule has 2 heterocycles. The average molecular weight is 491 g/mol. The predicted octanol–water partition coefficient (Wildman–Crippen LogP) is 5.78. The molecule has 0 spiro atoms. The van der Waals surface area contributed by atoms with Crippen LogP contribution in [0.4, 0.5) is 24.5 Å². The SMILES string of the molecule is CC(=O)Nc1ccc(NC(=O)C(C)Sc2nc(-c3cccs3)cc(C(F)(F)F)c2C#N)cc1. The van der Waals surface area contributed by atoms with Crippen LogP contribution in [0, 0.1) is 11.3 Å². The average Bonchev–Trinajstić information content (AvgIpc) is 3.28. The first kappa shape index (κ1) is 24.3. The number of carbonyl (C=O) groups is 2. The molecule has 0 radical (unpaired) electrons. The van der Waals surface area contributed by atoms with Gasteiger partial charge in [0.25, 0.3) is 0 Å². The van der Waals surface area contributed by atoms with Crippen LogP contribution < -0.4 is 10.6 Å². The van der Waals surface area contributed by atoms with Gasteiger partial charge in [-0.2, -0.15) is 18.4 Å². The van der Waals surface area contributed by atoms with Gasteiger partial charge in [-0.1, -0.05) is 17.8 Å². The largest absolute Gasteiger partial charge is 0.417 e. The van der Waals surface area contributed by atoms with E-state index in [0.29, 0.717) is 16.3 Å². The molecule has 170 valence electrons. The summed E-state index contributed by atoms with van der Waals surface area (Å²) in [6, 6.07) is 12.1. The van der Waals surface area contributed by atoms with Gasteiger partial charge >= 0.3 is 6.18 Å². The lowest BCUT2D eigenvalue weighted by Crippen LogP contribution is -2.23. The Bertz CT molecular complexity index is 1200. The second-order valence-corrected chi connectivity index (χ2v) is 9.11. The molecule has 0 fully saturated rings. The first-order valence-corrected chi connectivity index (χ1v) is 11.3. The number of thioether (sulfide) groups is 1. The van der Waals surface area contributed by atoms with E-state index in [4.69, 9.17) is 0 Å². The van der Waals surface area contributed by atoms with E-state index in [-0.39, 0.29) is 16.6 Å². The third-order valence-electron chi connectivity index (χ3n) is 4.31. The Morgan fingerprint density at radius 3 is 2.30 bits per heavy atom. The molecule has 6 nitrogen and oxygen atoms in total. The number of pyridine rings is 1. The molecule has 1 aromatic carbocycles. The summed E-state index contributed by atoms with van der Waals surface area (Å²) >= 11 is 2.00. The summed E-state index contributed by atoms with van der Waals surface area (Å²) in [6.45, 7) is 2.88. The van der Waals surface area contributed by atoms with Crippen LogP contribution in [0.5, 0.6) is 0 Å². The predicted molar refractivity (Wildman–Crippen MR) is 122 cm³/mol. The summed E-state index contributed by atoms with van der Waals surface area (Å²) in [5, 5.41) is 15.4. The summed E-state index contributed by atoms with van der Waals surface area (Å²) in [4.78, 5) is 28.5. The summed E-state index contributed by atoms with van der Waals surface area (Å²) < 4.78 is 40.9. The van der Waals surface area contributed by atoms with Gasteiger partial charge in [-0.15, -0.1) is 11.3 Å². The quantitative estimate of drug-likeness (QED) is 0.427. The highest BCUT2D eigenvalue weighted by Gasteiger charge is 2.36. The van der Waals surface area contributed by atoms with Crippen molar-refractivity contribution in [2.75, 3.05) is 10.6 Å². The van der Waals surface area contributed by atoms with E-state index in [0.717, 1.165) is 17.8 Å². The highest BCUT2D eigenvalue weighted by Crippen LogP contribution is 2.39. The van der Waals surface area contributed by atoms with E-state index < -0.39 is 28.5 Å². The summed E-state index contributed by atoms with van der Waals surface area (Å²) in [5.74, 6) is -0.714. The smallest absolute Gasteiger partial charge is 0.326 e. The molecule has 0 aliphatic heterocycles. The van der Waals surface area contributed by atoms with Crippen LogP contribution in [0.1, 0.15) is 25.0 Å². The number of hydrogen-bond acceptors (Lipinski definition) is 6. The number of benzene rings is 1. The van der Waals surface area contributed by atoms with Crippen LogP contribution in [-0.2, 0) is 15.8 Å². The second kappa shape index (κ2) is 10.1. The molecule has 2 amide bonds. The number of aromatic nitrogens is 1. The van der Waals surface area contributed by atoms with Crippen molar-refractivity contribution in [3.05, 3.63) is 59.0 Å². The maximum absolute atomic E-state index is 13.6. The van der Waals surface area contributed by atoms with Gasteiger partial charge in [0.1, 0.15) is 11.1 Å². The van der Waals surface area contributed by atoms with Gasteiger partial charge in [0.2, 0.25) is 11.8 Å². The fourth-order valence-electron chi connectivity index (χ4n) is 2.79. The van der Waals surface area contributed by atoms with Crippen LogP contribution in [0.25, 0.3) is 10.6 Å². The number of nitriles is 1. The highest BCUT2D eigenvalue weighted by atomic mass is 32.2. The fraction of sp³-hybridized carbons (Fsp3) is 0.182. The number of rotatable bonds is 6. The van der Waals surface area contributed by atoms with Crippen molar-refractivity contribution >= 4 is 46.3 Å². The minimum Gasteiger partial charge on any atom is -0.326 e. The lowest BCUT2D eigenvalue weighted by atomic mass is 10.1. The van der Waals surface area contributed by atoms with Crippen molar-refractivity contribution < 1.29 is 22.8 Å². The monoisotopic (exact) mass is 490 g/mol. The third kappa shape index (κ3) is 6.12. The Kier molecular flexibility index (Phi) is 7.40. The van der Waals surface area contributed by atoms with Gasteiger partial charge in [-0.25, -0.2) is 4.98 Å². The molecule has 3 aromatic rings. The number of hydrogen-bond donors (Lipinski definition) is 2. The van der Waals surface area contributed by atoms with Gasteiger partial charge in [0, 0.05) is 18.3 Å². The summed E-state index contributed by atoms with van der Waals surface area (Å²) in [7, 11) is 0. The molecule has 0 saturated heterocycles. The molecule has 33 heavy (non-hydrogen) atoms. The van der Waals surface area contributed by atoms with Crippen molar-refractivity contribution in [3.63, 3.8) is 0 Å². The number of anilines is 2. The van der Waals surface area contributed by atoms with E-state index in [1.807, 2.05) is 0 Å². The van der Waals surface area contributed by atoms with Crippen LogP contribution in [-0.4, -0.2) is 22.0 Å². The molecule has 1 unspecified atom stereocenters. The second-order valence-electron chi connectivity index (χ2n) is 6.83. The van der Waals surface area contributed by atoms with E-state index in [1.54, 1.807) is 47.8 Å². The number of amides is 2. The zero-order chi connectivity index (χ0) is 24.2. The fourth-order valence-corrected chi connectivity index (χ4v) is 4.41. The zero-order valence-electron chi connectivity index (χ0n) is 17.4. The number of nitrogens with zero attached hydrogens (tertiary/aromatic N) is 2. The Balaban J connectivity index is 1.85. The van der Waals surface area contributed by atoms with Gasteiger partial charge < -0.3 is 10.6 Å². The molecule has 11 heteroatoms. The summed E-state index contributed by atoms with van der Waals surface area (Å²) in [6.07, 6.45) is -4.75. The molecule has 0 aliphatic carbocycles. The molecule has 2 N–H and O–H groups in total. The normalized spacial score (nSPS) is 12.0. The highest BCUT2D eigenvalue weighted by molar-refractivity contribution is 8.00. The van der Waals surface area contributed by atoms with Crippen LogP contribution >= 0.6 is 23.1 Å². The van der Waals surface area contributed by atoms with Crippen LogP contribution in [0.3, 0.4) is 0 Å². The lowest BCUT2D eigenvalue weighted by Gasteiger charge is -2.16. The molecular formula is C22H17F3N4O2S2. The molecule has 0 bridgehead atoms. The molecule has 0 saturated carbocycles. The van der Waals surface area contributed by atoms with Gasteiger partial charge in [0.05, 0.1) is 26.9 Å². The van der Waals surface area contributed by atoms with Crippen molar-refractivity contribution in [3.8, 4) is 16.6 Å². The van der Waals surface area contributed by atoms with E-state index in [9.17, 15) is 28.0 Å². The number of thiophene rings is 1. The minimum absolute atomic E-state index is 0.0833. The third-order valence-corrected chi connectivity index (χ3v) is 6.29. The Morgan fingerprint density at radius 1 is 1.15 bits per heavy atom. The Morgan fingerprint density at radius 2 is 1.79 bits per heavy atom. The number of carbonyl (C=O) groups excluding carboxylic acids is 2. The first-order valence-electron chi connectivity index (χ1n) is 9.50. The molecule has 2 aromatic heterocycles. The van der Waals surface area contributed by atoms with Gasteiger partial charge in [-0.05, 0) is 48.7 Å². The van der Waals surface area contributed by atoms with Gasteiger partial charge in [0.15, 0.2) is 0 Å². The standard InChI is InChI=1S/C22H17F3N4O2S2/c1-12(20(31)28-15-7-5-14(6-8-15)27-13(2)30)33-21-16(11-26)17(22(23,24)25)10-18(29-21)19-4-3-9-32-19/h3-10,12H,1-2H3,(H,27,30)(H,28,31). The zero-order valence-corrected chi connectivity index (χ0v) is 19.0. The van der Waals surface area contributed by atoms with Crippen molar-refractivity contribution in [2.45, 2.75) is 30.3 Å². The molecule has 3 rings (SSSR count). The van der Waals surface area contributed by atoms with Crippen molar-refractivity contribution in [1.29, 1.82) is 5.26 Å². The topological polar surface area (TPSA) is 94.9 Å². The van der Waals surface area contributed by atoms with Crippen LogP contribution in [0.2, 0.25) is 0 Å².